The van der Waals surface area contributed by atoms with Gasteiger partial charge in [0.15, 0.2) is 0 Å². The maximum atomic E-state index is 5.59. The second-order valence-electron chi connectivity index (χ2n) is 4.36. The molecule has 2 aromatic rings. The van der Waals surface area contributed by atoms with E-state index >= 15 is 0 Å². The summed E-state index contributed by atoms with van der Waals surface area (Å²) in [6.45, 7) is 6.39. The lowest BCUT2D eigenvalue weighted by molar-refractivity contribution is 0.866. The molecule has 20 heavy (non-hydrogen) atoms. The summed E-state index contributed by atoms with van der Waals surface area (Å²) in [7, 11) is 0. The lowest BCUT2D eigenvalue weighted by atomic mass is 10.2. The summed E-state index contributed by atoms with van der Waals surface area (Å²) >= 11 is 4.08. The second-order valence-corrected chi connectivity index (χ2v) is 4.87. The molecule has 2 rings (SSSR count). The molecule has 0 heterocycles. The highest BCUT2D eigenvalue weighted by Crippen LogP contribution is 2.15. The second kappa shape index (κ2) is 8.38. The van der Waals surface area contributed by atoms with Crippen LogP contribution in [-0.4, -0.2) is 13.1 Å². The quantitative estimate of drug-likeness (QED) is 0.597. The van der Waals surface area contributed by atoms with Crippen molar-refractivity contribution >= 4 is 29.7 Å². The van der Waals surface area contributed by atoms with Gasteiger partial charge in [-0.1, -0.05) is 0 Å². The van der Waals surface area contributed by atoms with E-state index in [1.807, 2.05) is 36.4 Å². The molecule has 4 N–H and O–H groups in total. The Kier molecular flexibility index (Phi) is 6.81. The monoisotopic (exact) mass is 289 g/mol. The van der Waals surface area contributed by atoms with E-state index in [1.54, 1.807) is 0 Å². The molecule has 0 amide bonds. The summed E-state index contributed by atoms with van der Waals surface area (Å²) in [5.41, 5.74) is 13.8. The molecule has 0 aliphatic carbocycles. The average molecular weight is 289 g/mol. The molecular formula is C16H23N3S. The molecule has 4 heteroatoms. The third-order valence-corrected chi connectivity index (χ3v) is 3.21. The van der Waals surface area contributed by atoms with Crippen molar-refractivity contribution in [2.45, 2.75) is 18.7 Å². The van der Waals surface area contributed by atoms with Crippen LogP contribution in [0.1, 0.15) is 13.8 Å². The van der Waals surface area contributed by atoms with Crippen LogP contribution in [0.4, 0.5) is 17.1 Å². The zero-order valence-corrected chi connectivity index (χ0v) is 13.0. The maximum Gasteiger partial charge on any atom is 0.0367 e. The van der Waals surface area contributed by atoms with Crippen LogP contribution in [0.15, 0.2) is 53.4 Å². The molecule has 0 bridgehead atoms. The summed E-state index contributed by atoms with van der Waals surface area (Å²) in [6, 6.07) is 15.4. The number of benzene rings is 2. The van der Waals surface area contributed by atoms with Gasteiger partial charge in [0.25, 0.3) is 0 Å². The molecule has 0 radical (unpaired) electrons. The van der Waals surface area contributed by atoms with Crippen LogP contribution in [0.3, 0.4) is 0 Å². The third-order valence-electron chi connectivity index (χ3n) is 2.91. The largest absolute Gasteiger partial charge is 0.399 e. The van der Waals surface area contributed by atoms with Crippen molar-refractivity contribution in [2.24, 2.45) is 0 Å². The van der Waals surface area contributed by atoms with Crippen LogP contribution < -0.4 is 16.4 Å². The van der Waals surface area contributed by atoms with Crippen molar-refractivity contribution < 1.29 is 0 Å². The van der Waals surface area contributed by atoms with Gasteiger partial charge in [0.05, 0.1) is 0 Å². The van der Waals surface area contributed by atoms with Crippen LogP contribution >= 0.6 is 12.6 Å². The first-order chi connectivity index (χ1) is 9.56. The Hall–Kier alpha value is -1.81. The van der Waals surface area contributed by atoms with Crippen LogP contribution in [0.5, 0.6) is 0 Å². The number of hydrogen-bond donors (Lipinski definition) is 3. The highest BCUT2D eigenvalue weighted by molar-refractivity contribution is 7.80. The zero-order chi connectivity index (χ0) is 15.0. The number of nitrogens with two attached hydrogens (primary N) is 2. The highest BCUT2D eigenvalue weighted by atomic mass is 32.1. The summed E-state index contributed by atoms with van der Waals surface area (Å²) in [5, 5.41) is 0. The molecule has 0 spiro atoms. The van der Waals surface area contributed by atoms with Crippen molar-refractivity contribution in [2.75, 3.05) is 29.5 Å². The van der Waals surface area contributed by atoms with E-state index in [2.05, 4.69) is 43.5 Å². The minimum Gasteiger partial charge on any atom is -0.399 e. The summed E-state index contributed by atoms with van der Waals surface area (Å²) < 4.78 is 0. The van der Waals surface area contributed by atoms with E-state index in [9.17, 15) is 0 Å². The van der Waals surface area contributed by atoms with Gasteiger partial charge >= 0.3 is 0 Å². The number of nitrogens with zero attached hydrogens (tertiary/aromatic N) is 1. The van der Waals surface area contributed by atoms with Crippen molar-refractivity contribution in [1.82, 2.24) is 0 Å². The number of hydrogen-bond acceptors (Lipinski definition) is 4. The van der Waals surface area contributed by atoms with Crippen LogP contribution in [0.25, 0.3) is 0 Å². The topological polar surface area (TPSA) is 55.3 Å². The minimum absolute atomic E-state index is 0.780. The van der Waals surface area contributed by atoms with Crippen molar-refractivity contribution in [3.05, 3.63) is 48.5 Å². The molecule has 0 atom stereocenters. The first-order valence-electron chi connectivity index (χ1n) is 6.71. The van der Waals surface area contributed by atoms with Crippen LogP contribution in [0.2, 0.25) is 0 Å². The standard InChI is InChI=1S/C10H16N2.C6H7NS/c1-3-12(4-2)10-7-5-9(11)6-8-10;7-5-1-3-6(8)4-2-5/h5-8H,3-4,11H2,1-2H3;1-4,8H,7H2. The molecule has 2 aromatic carbocycles. The Morgan fingerprint density at radius 2 is 1.20 bits per heavy atom. The first-order valence-corrected chi connectivity index (χ1v) is 7.16. The number of anilines is 3. The zero-order valence-electron chi connectivity index (χ0n) is 12.1. The maximum absolute atomic E-state index is 5.59. The van der Waals surface area contributed by atoms with Gasteiger partial charge in [-0.15, -0.1) is 12.6 Å². The summed E-state index contributed by atoms with van der Waals surface area (Å²) in [6.07, 6.45) is 0. The van der Waals surface area contributed by atoms with Gasteiger partial charge in [-0.3, -0.25) is 0 Å². The third kappa shape index (κ3) is 5.45. The fourth-order valence-corrected chi connectivity index (χ4v) is 1.90. The SMILES string of the molecule is CCN(CC)c1ccc(N)cc1.Nc1ccc(S)cc1. The predicted molar refractivity (Wildman–Crippen MR) is 92.5 cm³/mol. The van der Waals surface area contributed by atoms with Gasteiger partial charge in [0, 0.05) is 35.0 Å². The van der Waals surface area contributed by atoms with E-state index < -0.39 is 0 Å². The van der Waals surface area contributed by atoms with E-state index in [1.165, 1.54) is 5.69 Å². The van der Waals surface area contributed by atoms with E-state index in [-0.39, 0.29) is 0 Å². The van der Waals surface area contributed by atoms with Crippen molar-refractivity contribution in [3.8, 4) is 0 Å². The van der Waals surface area contributed by atoms with Gasteiger partial charge in [-0.25, -0.2) is 0 Å². The van der Waals surface area contributed by atoms with Crippen LogP contribution in [-0.2, 0) is 0 Å². The van der Waals surface area contributed by atoms with Crippen molar-refractivity contribution in [3.63, 3.8) is 0 Å². The Morgan fingerprint density at radius 1 is 0.800 bits per heavy atom. The van der Waals surface area contributed by atoms with E-state index in [4.69, 9.17) is 11.5 Å². The van der Waals surface area contributed by atoms with Gasteiger partial charge in [0.1, 0.15) is 0 Å². The molecule has 0 fully saturated rings. The van der Waals surface area contributed by atoms with Gasteiger partial charge in [0.2, 0.25) is 0 Å². The Bertz CT molecular complexity index is 469. The minimum atomic E-state index is 0.780. The molecule has 108 valence electrons. The Labute approximate surface area is 127 Å². The smallest absolute Gasteiger partial charge is 0.0367 e. The molecule has 0 aromatic heterocycles. The van der Waals surface area contributed by atoms with Gasteiger partial charge < -0.3 is 16.4 Å². The Balaban J connectivity index is 0.000000217. The fraction of sp³-hybridized carbons (Fsp3) is 0.250. The molecule has 0 saturated carbocycles. The molecule has 0 aliphatic heterocycles. The van der Waals surface area contributed by atoms with Crippen molar-refractivity contribution in [1.29, 1.82) is 0 Å². The lowest BCUT2D eigenvalue weighted by Gasteiger charge is -2.20. The highest BCUT2D eigenvalue weighted by Gasteiger charge is 1.99. The molecule has 0 aliphatic rings. The predicted octanol–water partition coefficient (Wildman–Crippen LogP) is 3.67. The number of nitrogen functional groups attached to an aromatic ring is 2. The average Bonchev–Trinajstić information content (AvgIpc) is 2.46. The summed E-state index contributed by atoms with van der Waals surface area (Å²) in [4.78, 5) is 3.23. The van der Waals surface area contributed by atoms with Gasteiger partial charge in [-0.05, 0) is 62.4 Å². The normalized spacial score (nSPS) is 9.55. The summed E-state index contributed by atoms with van der Waals surface area (Å²) in [5.74, 6) is 0. The van der Waals surface area contributed by atoms with E-state index in [0.717, 1.165) is 29.4 Å². The Morgan fingerprint density at radius 3 is 1.55 bits per heavy atom. The number of thiol groups is 1. The molecular weight excluding hydrogens is 266 g/mol. The molecule has 0 unspecified atom stereocenters. The lowest BCUT2D eigenvalue weighted by Crippen LogP contribution is -2.21. The number of rotatable bonds is 3. The van der Waals surface area contributed by atoms with E-state index in [0.29, 0.717) is 0 Å². The first kappa shape index (κ1) is 16.2. The van der Waals surface area contributed by atoms with Gasteiger partial charge in [-0.2, -0.15) is 0 Å². The fourth-order valence-electron chi connectivity index (χ4n) is 1.75. The molecule has 0 saturated heterocycles. The van der Waals surface area contributed by atoms with Crippen LogP contribution in [0, 0.1) is 0 Å². The molecule has 3 nitrogen and oxygen atoms in total.